The topological polar surface area (TPSA) is 58.9 Å². The van der Waals surface area contributed by atoms with Crippen LogP contribution in [0.25, 0.3) is 0 Å². The predicted octanol–water partition coefficient (Wildman–Crippen LogP) is 2.59. The summed E-state index contributed by atoms with van der Waals surface area (Å²) in [6, 6.07) is 0. The Morgan fingerprint density at radius 3 is 1.94 bits per heavy atom. The summed E-state index contributed by atoms with van der Waals surface area (Å²) in [7, 11) is 0. The standard InChI is InChI=1S/C12H18N2O2/c1-11(2)6-4-5-7-12(11,3)10(13-8-15)14-9-16/h10H,4-7H2,1-3H3. The third-order valence-electron chi connectivity index (χ3n) is 4.21. The van der Waals surface area contributed by atoms with Crippen molar-refractivity contribution in [3.05, 3.63) is 0 Å². The maximum absolute atomic E-state index is 10.4. The molecule has 0 saturated heterocycles. The van der Waals surface area contributed by atoms with Gasteiger partial charge >= 0.3 is 0 Å². The van der Waals surface area contributed by atoms with Crippen molar-refractivity contribution in [1.82, 2.24) is 0 Å². The van der Waals surface area contributed by atoms with Crippen LogP contribution in [0.5, 0.6) is 0 Å². The summed E-state index contributed by atoms with van der Waals surface area (Å²) >= 11 is 0. The summed E-state index contributed by atoms with van der Waals surface area (Å²) in [5, 5.41) is 0. The molecule has 0 bridgehead atoms. The molecule has 0 heterocycles. The second-order valence-electron chi connectivity index (χ2n) is 5.32. The molecule has 1 unspecified atom stereocenters. The minimum Gasteiger partial charge on any atom is -0.211 e. The van der Waals surface area contributed by atoms with Gasteiger partial charge in [0.05, 0.1) is 0 Å². The van der Waals surface area contributed by atoms with E-state index in [1.807, 2.05) is 6.92 Å². The third-order valence-corrected chi connectivity index (χ3v) is 4.21. The Bertz CT molecular complexity index is 334. The lowest BCUT2D eigenvalue weighted by Crippen LogP contribution is -2.45. The lowest BCUT2D eigenvalue weighted by molar-refractivity contribution is 0.0118. The summed E-state index contributed by atoms with van der Waals surface area (Å²) in [5.41, 5.74) is -0.253. The molecule has 4 nitrogen and oxygen atoms in total. The van der Waals surface area contributed by atoms with Gasteiger partial charge in [-0.15, -0.1) is 0 Å². The van der Waals surface area contributed by atoms with Crippen LogP contribution in [0.2, 0.25) is 0 Å². The van der Waals surface area contributed by atoms with E-state index in [0.29, 0.717) is 0 Å². The molecule has 0 N–H and O–H groups in total. The highest BCUT2D eigenvalue weighted by Gasteiger charge is 2.48. The van der Waals surface area contributed by atoms with Crippen LogP contribution < -0.4 is 0 Å². The van der Waals surface area contributed by atoms with Crippen LogP contribution in [-0.2, 0) is 9.59 Å². The maximum Gasteiger partial charge on any atom is 0.237 e. The molecule has 4 heteroatoms. The molecule has 16 heavy (non-hydrogen) atoms. The van der Waals surface area contributed by atoms with E-state index >= 15 is 0 Å². The van der Waals surface area contributed by atoms with Crippen LogP contribution in [0.1, 0.15) is 46.5 Å². The molecule has 88 valence electrons. The third kappa shape index (κ3) is 2.13. The van der Waals surface area contributed by atoms with Crippen molar-refractivity contribution in [2.75, 3.05) is 0 Å². The van der Waals surface area contributed by atoms with Gasteiger partial charge < -0.3 is 0 Å². The molecule has 1 atom stereocenters. The van der Waals surface area contributed by atoms with Gasteiger partial charge in [-0.25, -0.2) is 9.59 Å². The number of isocyanates is 2. The molecule has 1 aliphatic carbocycles. The smallest absolute Gasteiger partial charge is 0.211 e. The van der Waals surface area contributed by atoms with E-state index < -0.39 is 6.17 Å². The number of carbonyl (C=O) groups excluding carboxylic acids is 2. The Kier molecular flexibility index (Phi) is 3.79. The van der Waals surface area contributed by atoms with Gasteiger partial charge in [-0.1, -0.05) is 33.6 Å². The Morgan fingerprint density at radius 2 is 1.50 bits per heavy atom. The van der Waals surface area contributed by atoms with Crippen molar-refractivity contribution < 1.29 is 9.59 Å². The first-order chi connectivity index (χ1) is 7.48. The second kappa shape index (κ2) is 4.73. The molecule has 0 amide bonds. The highest BCUT2D eigenvalue weighted by Crippen LogP contribution is 2.53. The summed E-state index contributed by atoms with van der Waals surface area (Å²) in [6.45, 7) is 6.32. The second-order valence-corrected chi connectivity index (χ2v) is 5.32. The van der Waals surface area contributed by atoms with E-state index in [1.54, 1.807) is 0 Å². The average Bonchev–Trinajstić information content (AvgIpc) is 2.22. The van der Waals surface area contributed by atoms with E-state index in [0.717, 1.165) is 19.3 Å². The van der Waals surface area contributed by atoms with Crippen LogP contribution in [0.4, 0.5) is 0 Å². The fourth-order valence-corrected chi connectivity index (χ4v) is 2.58. The SMILES string of the molecule is CC1(C)CCCCC1(C)C(N=C=O)N=C=O. The quantitative estimate of drug-likeness (QED) is 0.544. The molecule has 0 spiro atoms. The number of nitrogens with zero attached hydrogens (tertiary/aromatic N) is 2. The maximum atomic E-state index is 10.4. The summed E-state index contributed by atoms with van der Waals surface area (Å²) in [5.74, 6) is 0. The van der Waals surface area contributed by atoms with Gasteiger partial charge in [-0.05, 0) is 18.3 Å². The summed E-state index contributed by atoms with van der Waals surface area (Å²) in [4.78, 5) is 28.1. The fourth-order valence-electron chi connectivity index (χ4n) is 2.58. The van der Waals surface area contributed by atoms with Crippen molar-refractivity contribution in [2.24, 2.45) is 20.8 Å². The molecular weight excluding hydrogens is 204 g/mol. The number of hydrogen-bond donors (Lipinski definition) is 0. The zero-order chi connectivity index (χ0) is 12.2. The Morgan fingerprint density at radius 1 is 1.00 bits per heavy atom. The van der Waals surface area contributed by atoms with Crippen LogP contribution in [0.3, 0.4) is 0 Å². The van der Waals surface area contributed by atoms with Crippen LogP contribution in [0, 0.1) is 10.8 Å². The summed E-state index contributed by atoms with van der Waals surface area (Å²) in [6.07, 6.45) is 6.62. The fraction of sp³-hybridized carbons (Fsp3) is 0.833. The number of hydrogen-bond acceptors (Lipinski definition) is 4. The Hall–Kier alpha value is -1.24. The Labute approximate surface area is 95.9 Å². The van der Waals surface area contributed by atoms with Crippen molar-refractivity contribution in [3.63, 3.8) is 0 Å². The molecule has 0 aromatic rings. The predicted molar refractivity (Wildman–Crippen MR) is 60.4 cm³/mol. The van der Waals surface area contributed by atoms with E-state index in [4.69, 9.17) is 0 Å². The van der Waals surface area contributed by atoms with Crippen LogP contribution in [-0.4, -0.2) is 18.3 Å². The summed E-state index contributed by atoms with van der Waals surface area (Å²) < 4.78 is 0. The highest BCUT2D eigenvalue weighted by atomic mass is 16.1. The molecule has 1 aliphatic rings. The molecule has 1 fully saturated rings. The molecular formula is C12H18N2O2. The largest absolute Gasteiger partial charge is 0.237 e. The zero-order valence-electron chi connectivity index (χ0n) is 10.1. The lowest BCUT2D eigenvalue weighted by atomic mass is 9.57. The first-order valence-corrected chi connectivity index (χ1v) is 5.62. The van der Waals surface area contributed by atoms with Gasteiger partial charge in [0.2, 0.25) is 12.2 Å². The molecule has 0 aromatic carbocycles. The average molecular weight is 222 g/mol. The molecule has 1 saturated carbocycles. The van der Waals surface area contributed by atoms with E-state index in [2.05, 4.69) is 23.8 Å². The molecule has 1 rings (SSSR count). The van der Waals surface area contributed by atoms with Crippen molar-refractivity contribution >= 4 is 12.2 Å². The van der Waals surface area contributed by atoms with Crippen LogP contribution in [0.15, 0.2) is 9.98 Å². The van der Waals surface area contributed by atoms with Gasteiger partial charge in [0.1, 0.15) is 0 Å². The van der Waals surface area contributed by atoms with Gasteiger partial charge in [0.15, 0.2) is 6.17 Å². The lowest BCUT2D eigenvalue weighted by Gasteiger charge is -2.49. The molecule has 0 radical (unpaired) electrons. The molecule has 0 aliphatic heterocycles. The normalized spacial score (nSPS) is 29.7. The van der Waals surface area contributed by atoms with E-state index in [9.17, 15) is 9.59 Å². The van der Waals surface area contributed by atoms with Crippen LogP contribution >= 0.6 is 0 Å². The Balaban J connectivity index is 3.12. The number of rotatable bonds is 3. The first kappa shape index (κ1) is 12.8. The minimum absolute atomic E-state index is 0.0105. The first-order valence-electron chi connectivity index (χ1n) is 5.62. The van der Waals surface area contributed by atoms with Gasteiger partial charge in [-0.3, -0.25) is 0 Å². The van der Waals surface area contributed by atoms with Crippen molar-refractivity contribution in [2.45, 2.75) is 52.6 Å². The monoisotopic (exact) mass is 222 g/mol. The highest BCUT2D eigenvalue weighted by molar-refractivity contribution is 5.37. The minimum atomic E-state index is -0.641. The van der Waals surface area contributed by atoms with E-state index in [-0.39, 0.29) is 10.8 Å². The van der Waals surface area contributed by atoms with Gasteiger partial charge in [-0.2, -0.15) is 9.98 Å². The van der Waals surface area contributed by atoms with Gasteiger partial charge in [0.25, 0.3) is 0 Å². The number of aliphatic imine (C=N–C) groups is 2. The van der Waals surface area contributed by atoms with Gasteiger partial charge in [0, 0.05) is 5.41 Å². The van der Waals surface area contributed by atoms with E-state index in [1.165, 1.54) is 18.6 Å². The zero-order valence-corrected chi connectivity index (χ0v) is 10.1. The van der Waals surface area contributed by atoms with Crippen molar-refractivity contribution in [1.29, 1.82) is 0 Å². The molecule has 0 aromatic heterocycles. The van der Waals surface area contributed by atoms with Crippen molar-refractivity contribution in [3.8, 4) is 0 Å².